The maximum absolute atomic E-state index is 5.43. The zero-order valence-corrected chi connectivity index (χ0v) is 32.0. The molecule has 1 spiro atoms. The van der Waals surface area contributed by atoms with Gasteiger partial charge in [0.15, 0.2) is 0 Å². The van der Waals surface area contributed by atoms with Crippen LogP contribution in [0.3, 0.4) is 0 Å². The number of fused-ring (bicyclic) bond motifs is 15. The number of rotatable bonds is 3. The van der Waals surface area contributed by atoms with Crippen molar-refractivity contribution in [3.05, 3.63) is 216 Å². The van der Waals surface area contributed by atoms with Crippen LogP contribution in [0.1, 0.15) is 22.3 Å². The van der Waals surface area contributed by atoms with E-state index < -0.39 is 5.41 Å². The Labute approximate surface area is 338 Å². The molecule has 0 N–H and O–H groups in total. The average Bonchev–Trinajstić information content (AvgIpc) is 3.82. The van der Waals surface area contributed by atoms with Crippen LogP contribution in [0.5, 0.6) is 0 Å². The fourth-order valence-electron chi connectivity index (χ4n) is 10.1. The molecule has 4 nitrogen and oxygen atoms in total. The van der Waals surface area contributed by atoms with E-state index >= 15 is 0 Å². The largest absolute Gasteiger partial charge is 0.309 e. The number of benzene rings is 8. The second-order valence-electron chi connectivity index (χ2n) is 15.3. The summed E-state index contributed by atoms with van der Waals surface area (Å²) in [4.78, 5) is 13.3. The van der Waals surface area contributed by atoms with Gasteiger partial charge in [-0.15, -0.1) is 0 Å². The number of aromatic nitrogens is 4. The maximum Gasteiger partial charge on any atom is 0.235 e. The van der Waals surface area contributed by atoms with Crippen molar-refractivity contribution in [2.24, 2.45) is 0 Å². The van der Waals surface area contributed by atoms with Crippen molar-refractivity contribution in [2.75, 3.05) is 0 Å². The fourth-order valence-corrected chi connectivity index (χ4v) is 11.4. The molecule has 1 atom stereocenters. The first kappa shape index (κ1) is 31.9. The molecule has 0 saturated carbocycles. The summed E-state index contributed by atoms with van der Waals surface area (Å²) in [5, 5.41) is 4.90. The summed E-state index contributed by atoms with van der Waals surface area (Å²) in [5.41, 5.74) is 14.3. The van der Waals surface area contributed by atoms with Crippen molar-refractivity contribution >= 4 is 55.4 Å². The van der Waals surface area contributed by atoms with Crippen LogP contribution in [0.2, 0.25) is 0 Å². The molecule has 0 amide bonds. The van der Waals surface area contributed by atoms with Gasteiger partial charge in [0, 0.05) is 42.5 Å². The van der Waals surface area contributed by atoms with Crippen LogP contribution >= 0.6 is 11.8 Å². The van der Waals surface area contributed by atoms with E-state index in [0.29, 0.717) is 5.95 Å². The Balaban J connectivity index is 1.20. The molecule has 0 bridgehead atoms. The summed E-state index contributed by atoms with van der Waals surface area (Å²) in [7, 11) is 0. The molecule has 5 heteroatoms. The smallest absolute Gasteiger partial charge is 0.235 e. The van der Waals surface area contributed by atoms with E-state index in [1.807, 2.05) is 11.8 Å². The van der Waals surface area contributed by atoms with Gasteiger partial charge in [0.05, 0.1) is 44.6 Å². The highest BCUT2D eigenvalue weighted by molar-refractivity contribution is 7.99. The first-order valence-corrected chi connectivity index (χ1v) is 20.6. The standard InChI is InChI=1S/C53H32N4S/c1-3-16-33(17-4-1)43-32-44(34-18-5-2-6-19-34)55-52(54-43)57-46-27-12-8-21-36(46)38-30-31-42-51(50(38)57)58-48-29-14-10-24-40(48)53(42)39-23-9-13-28-47(39)56-45-26-11-7-20-35(45)37-22-15-25-41(53)49(37)56/h1-32H. The normalized spacial score (nSPS) is 15.2. The second kappa shape index (κ2) is 11.9. The Morgan fingerprint density at radius 3 is 1.67 bits per heavy atom. The molecule has 1 unspecified atom stereocenters. The first-order chi connectivity index (χ1) is 28.8. The molecule has 2 aliphatic rings. The van der Waals surface area contributed by atoms with Gasteiger partial charge in [-0.05, 0) is 52.6 Å². The van der Waals surface area contributed by atoms with Crippen molar-refractivity contribution in [1.29, 1.82) is 0 Å². The van der Waals surface area contributed by atoms with Crippen LogP contribution in [-0.4, -0.2) is 19.1 Å². The molecule has 5 heterocycles. The van der Waals surface area contributed by atoms with Crippen LogP contribution in [0, 0.1) is 0 Å². The van der Waals surface area contributed by atoms with E-state index in [2.05, 4.69) is 203 Å². The number of hydrogen-bond donors (Lipinski definition) is 0. The highest BCUT2D eigenvalue weighted by Crippen LogP contribution is 2.62. The van der Waals surface area contributed by atoms with Crippen molar-refractivity contribution < 1.29 is 0 Å². The predicted molar refractivity (Wildman–Crippen MR) is 238 cm³/mol. The van der Waals surface area contributed by atoms with E-state index in [1.54, 1.807) is 0 Å². The van der Waals surface area contributed by atoms with Gasteiger partial charge in [0.25, 0.3) is 0 Å². The monoisotopic (exact) mass is 756 g/mol. The molecule has 0 saturated heterocycles. The third-order valence-corrected chi connectivity index (χ3v) is 13.6. The highest BCUT2D eigenvalue weighted by atomic mass is 32.2. The van der Waals surface area contributed by atoms with Gasteiger partial charge < -0.3 is 4.57 Å². The SMILES string of the molecule is c1ccc(-c2cc(-c3ccccc3)nc(-n3c4ccccc4c4ccc5c(c43)Sc3ccccc3C53c4ccccc4-n4c5ccccc5c5cccc3c54)n2)cc1. The third-order valence-electron chi connectivity index (χ3n) is 12.4. The predicted octanol–water partition coefficient (Wildman–Crippen LogP) is 13.2. The Bertz CT molecular complexity index is 3430. The highest BCUT2D eigenvalue weighted by Gasteiger charge is 2.50. The molecule has 8 aromatic carbocycles. The lowest BCUT2D eigenvalue weighted by Gasteiger charge is -2.45. The molecular weight excluding hydrogens is 725 g/mol. The minimum absolute atomic E-state index is 0.602. The molecule has 13 rings (SSSR count). The van der Waals surface area contributed by atoms with Crippen molar-refractivity contribution in [1.82, 2.24) is 19.1 Å². The van der Waals surface area contributed by atoms with Crippen LogP contribution in [-0.2, 0) is 5.41 Å². The van der Waals surface area contributed by atoms with Crippen LogP contribution in [0.25, 0.3) is 77.8 Å². The Morgan fingerprint density at radius 1 is 0.397 bits per heavy atom. The molecule has 0 aliphatic carbocycles. The van der Waals surface area contributed by atoms with Gasteiger partial charge >= 0.3 is 0 Å². The lowest BCUT2D eigenvalue weighted by atomic mass is 9.62. The summed E-state index contributed by atoms with van der Waals surface area (Å²) >= 11 is 1.87. The van der Waals surface area contributed by atoms with Gasteiger partial charge in [-0.1, -0.05) is 176 Å². The molecule has 270 valence electrons. The van der Waals surface area contributed by atoms with Crippen molar-refractivity contribution in [3.8, 4) is 34.2 Å². The van der Waals surface area contributed by atoms with Crippen molar-refractivity contribution in [2.45, 2.75) is 15.2 Å². The van der Waals surface area contributed by atoms with Gasteiger partial charge in [-0.2, -0.15) is 0 Å². The van der Waals surface area contributed by atoms with Crippen LogP contribution in [0.15, 0.2) is 204 Å². The zero-order valence-electron chi connectivity index (χ0n) is 31.2. The lowest BCUT2D eigenvalue weighted by molar-refractivity contribution is 0.691. The molecule has 58 heavy (non-hydrogen) atoms. The van der Waals surface area contributed by atoms with Crippen molar-refractivity contribution in [3.63, 3.8) is 0 Å². The number of para-hydroxylation sites is 4. The minimum atomic E-state index is -0.602. The summed E-state index contributed by atoms with van der Waals surface area (Å²) in [6.45, 7) is 0. The summed E-state index contributed by atoms with van der Waals surface area (Å²) in [5.74, 6) is 0.652. The van der Waals surface area contributed by atoms with E-state index in [4.69, 9.17) is 9.97 Å². The Kier molecular flexibility index (Phi) is 6.55. The fraction of sp³-hybridized carbons (Fsp3) is 0.0189. The van der Waals surface area contributed by atoms with Gasteiger partial charge in [0.2, 0.25) is 5.95 Å². The molecule has 0 fully saturated rings. The lowest BCUT2D eigenvalue weighted by Crippen LogP contribution is -2.37. The Hall–Kier alpha value is -7.21. The summed E-state index contributed by atoms with van der Waals surface area (Å²) in [6.07, 6.45) is 0. The summed E-state index contributed by atoms with van der Waals surface area (Å²) < 4.78 is 4.84. The Morgan fingerprint density at radius 2 is 0.948 bits per heavy atom. The average molecular weight is 757 g/mol. The molecular formula is C53H32N4S. The van der Waals surface area contributed by atoms with E-state index in [0.717, 1.165) is 33.5 Å². The molecule has 2 aliphatic heterocycles. The zero-order chi connectivity index (χ0) is 38.0. The maximum atomic E-state index is 5.43. The molecule has 11 aromatic rings. The first-order valence-electron chi connectivity index (χ1n) is 19.8. The second-order valence-corrected chi connectivity index (χ2v) is 16.3. The number of hydrogen-bond acceptors (Lipinski definition) is 3. The van der Waals surface area contributed by atoms with Gasteiger partial charge in [0.1, 0.15) is 0 Å². The van der Waals surface area contributed by atoms with Gasteiger partial charge in [-0.25, -0.2) is 9.97 Å². The minimum Gasteiger partial charge on any atom is -0.309 e. The van der Waals surface area contributed by atoms with Crippen LogP contribution in [0.4, 0.5) is 0 Å². The van der Waals surface area contributed by atoms with E-state index in [1.165, 1.54) is 70.3 Å². The van der Waals surface area contributed by atoms with E-state index in [-0.39, 0.29) is 0 Å². The quantitative estimate of drug-likeness (QED) is 0.180. The van der Waals surface area contributed by atoms with Crippen LogP contribution < -0.4 is 0 Å². The third kappa shape index (κ3) is 4.15. The molecule has 3 aromatic heterocycles. The summed E-state index contributed by atoms with van der Waals surface area (Å²) in [6, 6.07) is 70.5. The van der Waals surface area contributed by atoms with Gasteiger partial charge in [-0.3, -0.25) is 4.57 Å². The van der Waals surface area contributed by atoms with E-state index in [9.17, 15) is 0 Å². The topological polar surface area (TPSA) is 35.6 Å². The molecule has 0 radical (unpaired) electrons. The number of nitrogens with zero attached hydrogens (tertiary/aromatic N) is 4.